The van der Waals surface area contributed by atoms with Crippen molar-refractivity contribution in [1.29, 1.82) is 0 Å². The van der Waals surface area contributed by atoms with E-state index in [1.165, 1.54) is 12.1 Å². The molecule has 1 aliphatic rings. The standard InChI is InChI=1S/C17H16BrFN2O/c1-11-6-7-12-10-13(19)8-9-16(12)21(11)17(22)20-15-5-3-2-4-14(15)18/h2-5,8-11H,6-7H2,1H3,(H,20,22). The number of urea groups is 1. The highest BCUT2D eigenvalue weighted by Crippen LogP contribution is 2.32. The zero-order chi connectivity index (χ0) is 15.7. The van der Waals surface area contributed by atoms with Crippen LogP contribution >= 0.6 is 15.9 Å². The molecule has 3 rings (SSSR count). The molecule has 2 aromatic rings. The average Bonchev–Trinajstić information content (AvgIpc) is 2.49. The van der Waals surface area contributed by atoms with Crippen LogP contribution in [0.3, 0.4) is 0 Å². The van der Waals surface area contributed by atoms with Crippen LogP contribution in [0.2, 0.25) is 0 Å². The number of anilines is 2. The summed E-state index contributed by atoms with van der Waals surface area (Å²) in [7, 11) is 0. The summed E-state index contributed by atoms with van der Waals surface area (Å²) in [6.45, 7) is 2.01. The number of amides is 2. The van der Waals surface area contributed by atoms with E-state index < -0.39 is 0 Å². The van der Waals surface area contributed by atoms with Gasteiger partial charge >= 0.3 is 6.03 Å². The van der Waals surface area contributed by atoms with E-state index in [1.54, 1.807) is 11.0 Å². The van der Waals surface area contributed by atoms with Crippen molar-refractivity contribution in [3.8, 4) is 0 Å². The molecule has 114 valence electrons. The molecule has 3 nitrogen and oxygen atoms in total. The van der Waals surface area contributed by atoms with Gasteiger partial charge in [0, 0.05) is 16.2 Å². The monoisotopic (exact) mass is 362 g/mol. The van der Waals surface area contributed by atoms with E-state index in [1.807, 2.05) is 31.2 Å². The smallest absolute Gasteiger partial charge is 0.306 e. The Morgan fingerprint density at radius 1 is 1.32 bits per heavy atom. The maximum Gasteiger partial charge on any atom is 0.326 e. The molecule has 0 radical (unpaired) electrons. The van der Waals surface area contributed by atoms with Crippen molar-refractivity contribution in [3.63, 3.8) is 0 Å². The second kappa shape index (κ2) is 6.08. The summed E-state index contributed by atoms with van der Waals surface area (Å²) in [6.07, 6.45) is 1.60. The minimum atomic E-state index is -0.264. The van der Waals surface area contributed by atoms with Gasteiger partial charge in [-0.25, -0.2) is 9.18 Å². The molecule has 0 fully saturated rings. The third kappa shape index (κ3) is 2.86. The highest BCUT2D eigenvalue weighted by molar-refractivity contribution is 9.10. The molecule has 2 amide bonds. The van der Waals surface area contributed by atoms with Gasteiger partial charge in [0.2, 0.25) is 0 Å². The molecule has 1 heterocycles. The van der Waals surface area contributed by atoms with Crippen molar-refractivity contribution >= 4 is 33.3 Å². The minimum absolute atomic E-state index is 0.0699. The number of nitrogens with zero attached hydrogens (tertiary/aromatic N) is 1. The number of para-hydroxylation sites is 1. The first kappa shape index (κ1) is 15.0. The minimum Gasteiger partial charge on any atom is -0.306 e. The van der Waals surface area contributed by atoms with E-state index >= 15 is 0 Å². The number of carbonyl (C=O) groups excluding carboxylic acids is 1. The summed E-state index contributed by atoms with van der Waals surface area (Å²) in [5.74, 6) is -0.264. The summed E-state index contributed by atoms with van der Waals surface area (Å²) >= 11 is 3.42. The molecule has 0 saturated carbocycles. The SMILES string of the molecule is CC1CCc2cc(F)ccc2N1C(=O)Nc1ccccc1Br. The Morgan fingerprint density at radius 2 is 2.09 bits per heavy atom. The Kier molecular flexibility index (Phi) is 4.16. The van der Waals surface area contributed by atoms with Gasteiger partial charge in [0.05, 0.1) is 5.69 Å². The van der Waals surface area contributed by atoms with Crippen molar-refractivity contribution in [2.24, 2.45) is 0 Å². The summed E-state index contributed by atoms with van der Waals surface area (Å²) in [5, 5.41) is 2.91. The molecule has 0 aliphatic carbocycles. The number of benzene rings is 2. The zero-order valence-corrected chi connectivity index (χ0v) is 13.7. The number of halogens is 2. The highest BCUT2D eigenvalue weighted by Gasteiger charge is 2.28. The van der Waals surface area contributed by atoms with Gasteiger partial charge in [-0.15, -0.1) is 0 Å². The van der Waals surface area contributed by atoms with E-state index in [-0.39, 0.29) is 17.9 Å². The van der Waals surface area contributed by atoms with Crippen LogP contribution in [0.15, 0.2) is 46.9 Å². The number of carbonyl (C=O) groups is 1. The van der Waals surface area contributed by atoms with Crippen LogP contribution < -0.4 is 10.2 Å². The molecule has 2 aromatic carbocycles. The molecule has 22 heavy (non-hydrogen) atoms. The van der Waals surface area contributed by atoms with Crippen LogP contribution in [0.5, 0.6) is 0 Å². The largest absolute Gasteiger partial charge is 0.326 e. The predicted molar refractivity (Wildman–Crippen MR) is 89.8 cm³/mol. The third-order valence-electron chi connectivity index (χ3n) is 3.91. The van der Waals surface area contributed by atoms with Crippen LogP contribution in [-0.2, 0) is 6.42 Å². The lowest BCUT2D eigenvalue weighted by atomic mass is 9.97. The number of nitrogens with one attached hydrogen (secondary N) is 1. The Balaban J connectivity index is 1.91. The fourth-order valence-corrected chi connectivity index (χ4v) is 3.15. The van der Waals surface area contributed by atoms with Crippen molar-refractivity contribution in [2.75, 3.05) is 10.2 Å². The van der Waals surface area contributed by atoms with Gasteiger partial charge in [-0.05, 0) is 71.6 Å². The van der Waals surface area contributed by atoms with E-state index in [4.69, 9.17) is 0 Å². The van der Waals surface area contributed by atoms with Crippen LogP contribution in [0, 0.1) is 5.82 Å². The zero-order valence-electron chi connectivity index (χ0n) is 12.1. The number of aryl methyl sites for hydroxylation is 1. The fraction of sp³-hybridized carbons (Fsp3) is 0.235. The first-order valence-corrected chi connectivity index (χ1v) is 7.99. The lowest BCUT2D eigenvalue weighted by Crippen LogP contribution is -2.44. The van der Waals surface area contributed by atoms with Crippen molar-refractivity contribution in [2.45, 2.75) is 25.8 Å². The molecule has 1 unspecified atom stereocenters. The van der Waals surface area contributed by atoms with Crippen LogP contribution in [0.1, 0.15) is 18.9 Å². The summed E-state index contributed by atoms with van der Waals surface area (Å²) in [6, 6.07) is 11.9. The highest BCUT2D eigenvalue weighted by atomic mass is 79.9. The third-order valence-corrected chi connectivity index (χ3v) is 4.60. The number of rotatable bonds is 1. The molecule has 1 atom stereocenters. The Labute approximate surface area is 137 Å². The summed E-state index contributed by atoms with van der Waals surface area (Å²) in [4.78, 5) is 14.4. The molecular formula is C17H16BrFN2O. The van der Waals surface area contributed by atoms with E-state index in [9.17, 15) is 9.18 Å². The summed E-state index contributed by atoms with van der Waals surface area (Å²) in [5.41, 5.74) is 2.37. The number of hydrogen-bond acceptors (Lipinski definition) is 1. The molecule has 1 aliphatic heterocycles. The molecular weight excluding hydrogens is 347 g/mol. The number of hydrogen-bond donors (Lipinski definition) is 1. The average molecular weight is 363 g/mol. The Hall–Kier alpha value is -1.88. The maximum atomic E-state index is 13.4. The second-order valence-corrected chi connectivity index (χ2v) is 6.30. The number of fused-ring (bicyclic) bond motifs is 1. The normalized spacial score (nSPS) is 17.0. The van der Waals surface area contributed by atoms with Gasteiger partial charge in [0.1, 0.15) is 5.82 Å². The van der Waals surface area contributed by atoms with Gasteiger partial charge < -0.3 is 5.32 Å². The quantitative estimate of drug-likeness (QED) is 0.763. The molecule has 5 heteroatoms. The van der Waals surface area contributed by atoms with Gasteiger partial charge in [-0.1, -0.05) is 12.1 Å². The first-order valence-electron chi connectivity index (χ1n) is 7.19. The van der Waals surface area contributed by atoms with Gasteiger partial charge in [0.25, 0.3) is 0 Å². The summed E-state index contributed by atoms with van der Waals surface area (Å²) < 4.78 is 14.2. The molecule has 1 N–H and O–H groups in total. The maximum absolute atomic E-state index is 13.4. The Bertz CT molecular complexity index is 720. The van der Waals surface area contributed by atoms with Gasteiger partial charge in [-0.2, -0.15) is 0 Å². The lowest BCUT2D eigenvalue weighted by molar-refractivity contribution is 0.254. The first-order chi connectivity index (χ1) is 10.6. The van der Waals surface area contributed by atoms with Crippen LogP contribution in [0.4, 0.5) is 20.6 Å². The van der Waals surface area contributed by atoms with E-state index in [2.05, 4.69) is 21.2 Å². The Morgan fingerprint density at radius 3 is 2.86 bits per heavy atom. The molecule has 0 bridgehead atoms. The fourth-order valence-electron chi connectivity index (χ4n) is 2.77. The molecule has 0 aromatic heterocycles. The van der Waals surface area contributed by atoms with Gasteiger partial charge in [0.15, 0.2) is 0 Å². The van der Waals surface area contributed by atoms with Gasteiger partial charge in [-0.3, -0.25) is 4.90 Å². The van der Waals surface area contributed by atoms with Crippen molar-refractivity contribution < 1.29 is 9.18 Å². The van der Waals surface area contributed by atoms with Crippen molar-refractivity contribution in [3.05, 3.63) is 58.3 Å². The van der Waals surface area contributed by atoms with E-state index in [0.717, 1.165) is 28.6 Å². The topological polar surface area (TPSA) is 32.3 Å². The molecule has 0 spiro atoms. The predicted octanol–water partition coefficient (Wildman–Crippen LogP) is 4.96. The lowest BCUT2D eigenvalue weighted by Gasteiger charge is -2.35. The van der Waals surface area contributed by atoms with Crippen LogP contribution in [-0.4, -0.2) is 12.1 Å². The second-order valence-electron chi connectivity index (χ2n) is 5.44. The van der Waals surface area contributed by atoms with Crippen LogP contribution in [0.25, 0.3) is 0 Å². The molecule has 0 saturated heterocycles. The van der Waals surface area contributed by atoms with E-state index in [0.29, 0.717) is 5.69 Å². The van der Waals surface area contributed by atoms with Crippen molar-refractivity contribution in [1.82, 2.24) is 0 Å².